The summed E-state index contributed by atoms with van der Waals surface area (Å²) in [5.41, 5.74) is 1.11. The molecule has 8 heteroatoms. The van der Waals surface area contributed by atoms with Crippen molar-refractivity contribution in [2.24, 2.45) is 0 Å². The van der Waals surface area contributed by atoms with Gasteiger partial charge in [-0.05, 0) is 67.6 Å². The molecule has 3 aromatic carbocycles. The number of carbonyl (C=O) groups is 2. The van der Waals surface area contributed by atoms with Gasteiger partial charge >= 0.3 is 0 Å². The molecule has 0 saturated carbocycles. The Hall–Kier alpha value is -4.59. The maximum Gasteiger partial charge on any atom is 0.262 e. The van der Waals surface area contributed by atoms with E-state index in [4.69, 9.17) is 9.47 Å². The van der Waals surface area contributed by atoms with Gasteiger partial charge in [-0.2, -0.15) is 5.10 Å². The number of carbonyl (C=O) groups excluding carboxylic acids is 2. The van der Waals surface area contributed by atoms with Crippen LogP contribution in [0.1, 0.15) is 13.0 Å². The highest BCUT2D eigenvalue weighted by molar-refractivity contribution is 5.95. The molecule has 0 spiro atoms. The summed E-state index contributed by atoms with van der Waals surface area (Å²) in [6, 6.07) is 24.7. The van der Waals surface area contributed by atoms with Crippen LogP contribution in [0, 0.1) is 0 Å². The molecule has 1 unspecified atom stereocenters. The van der Waals surface area contributed by atoms with Crippen molar-refractivity contribution in [2.75, 3.05) is 17.2 Å². The molecule has 4 aromatic rings. The maximum absolute atomic E-state index is 12.4. The molecule has 34 heavy (non-hydrogen) atoms. The van der Waals surface area contributed by atoms with E-state index < -0.39 is 6.04 Å². The summed E-state index contributed by atoms with van der Waals surface area (Å²) >= 11 is 0. The normalized spacial score (nSPS) is 11.3. The van der Waals surface area contributed by atoms with Crippen molar-refractivity contribution in [1.82, 2.24) is 9.78 Å². The van der Waals surface area contributed by atoms with Gasteiger partial charge in [0.25, 0.3) is 5.91 Å². The van der Waals surface area contributed by atoms with E-state index in [0.717, 1.165) is 5.75 Å². The summed E-state index contributed by atoms with van der Waals surface area (Å²) < 4.78 is 12.9. The molecule has 0 aliphatic carbocycles. The lowest BCUT2D eigenvalue weighted by Gasteiger charge is -2.14. The van der Waals surface area contributed by atoms with Gasteiger partial charge in [-0.25, -0.2) is 0 Å². The predicted molar refractivity (Wildman–Crippen MR) is 129 cm³/mol. The summed E-state index contributed by atoms with van der Waals surface area (Å²) in [6.45, 7) is 1.59. The first-order chi connectivity index (χ1) is 16.6. The number of hydrogen-bond acceptors (Lipinski definition) is 5. The molecule has 172 valence electrons. The zero-order chi connectivity index (χ0) is 23.8. The first-order valence-electron chi connectivity index (χ1n) is 10.7. The molecule has 0 radical (unpaired) electrons. The number of anilines is 2. The molecule has 0 bridgehead atoms. The molecule has 2 amide bonds. The number of amides is 2. The average molecular weight is 457 g/mol. The molecular weight excluding hydrogens is 432 g/mol. The second kappa shape index (κ2) is 10.8. The van der Waals surface area contributed by atoms with Gasteiger partial charge in [0.05, 0.1) is 0 Å². The molecule has 1 aromatic heterocycles. The van der Waals surface area contributed by atoms with Crippen molar-refractivity contribution in [1.29, 1.82) is 0 Å². The summed E-state index contributed by atoms with van der Waals surface area (Å²) in [7, 11) is 0. The van der Waals surface area contributed by atoms with Gasteiger partial charge in [0, 0.05) is 23.8 Å². The Morgan fingerprint density at radius 3 is 2.24 bits per heavy atom. The van der Waals surface area contributed by atoms with Crippen molar-refractivity contribution in [2.45, 2.75) is 13.0 Å². The van der Waals surface area contributed by atoms with Crippen LogP contribution in [-0.2, 0) is 9.59 Å². The Bertz CT molecular complexity index is 1230. The Kier molecular flexibility index (Phi) is 7.19. The van der Waals surface area contributed by atoms with E-state index >= 15 is 0 Å². The molecule has 0 aliphatic rings. The minimum atomic E-state index is -0.467. The lowest BCUT2D eigenvalue weighted by Crippen LogP contribution is -2.24. The van der Waals surface area contributed by atoms with Gasteiger partial charge in [-0.3, -0.25) is 14.3 Å². The molecule has 0 aliphatic heterocycles. The first-order valence-corrected chi connectivity index (χ1v) is 10.7. The first kappa shape index (κ1) is 22.6. The van der Waals surface area contributed by atoms with Crippen molar-refractivity contribution >= 4 is 23.2 Å². The van der Waals surface area contributed by atoms with E-state index in [2.05, 4.69) is 15.7 Å². The zero-order valence-electron chi connectivity index (χ0n) is 18.5. The maximum atomic E-state index is 12.4. The van der Waals surface area contributed by atoms with Gasteiger partial charge in [0.2, 0.25) is 5.91 Å². The predicted octanol–water partition coefficient (Wildman–Crippen LogP) is 4.89. The minimum Gasteiger partial charge on any atom is -0.484 e. The van der Waals surface area contributed by atoms with Crippen molar-refractivity contribution in [3.8, 4) is 17.2 Å². The van der Waals surface area contributed by atoms with Gasteiger partial charge < -0.3 is 20.1 Å². The molecule has 0 fully saturated rings. The second-order valence-corrected chi connectivity index (χ2v) is 7.46. The third-order valence-corrected chi connectivity index (χ3v) is 4.89. The van der Waals surface area contributed by atoms with Crippen molar-refractivity contribution < 1.29 is 19.1 Å². The number of nitrogens with one attached hydrogen (secondary N) is 2. The van der Waals surface area contributed by atoms with Crippen LogP contribution in [0.4, 0.5) is 11.4 Å². The fourth-order valence-electron chi connectivity index (χ4n) is 3.13. The highest BCUT2D eigenvalue weighted by Gasteiger charge is 2.15. The minimum absolute atomic E-state index is 0.161. The second-order valence-electron chi connectivity index (χ2n) is 7.46. The molecule has 2 N–H and O–H groups in total. The van der Waals surface area contributed by atoms with Gasteiger partial charge in [-0.15, -0.1) is 0 Å². The van der Waals surface area contributed by atoms with Crippen LogP contribution in [0.3, 0.4) is 0 Å². The van der Waals surface area contributed by atoms with Crippen LogP contribution in [-0.4, -0.2) is 28.2 Å². The van der Waals surface area contributed by atoms with E-state index in [1.54, 1.807) is 78.6 Å². The van der Waals surface area contributed by atoms with Crippen LogP contribution in [0.5, 0.6) is 17.2 Å². The van der Waals surface area contributed by atoms with Crippen LogP contribution >= 0.6 is 0 Å². The topological polar surface area (TPSA) is 94.5 Å². The Morgan fingerprint density at radius 1 is 0.853 bits per heavy atom. The average Bonchev–Trinajstić information content (AvgIpc) is 3.39. The van der Waals surface area contributed by atoms with Gasteiger partial charge in [0.15, 0.2) is 6.61 Å². The monoisotopic (exact) mass is 456 g/mol. The number of aromatic nitrogens is 2. The number of para-hydroxylation sites is 1. The summed E-state index contributed by atoms with van der Waals surface area (Å²) in [6.07, 6.45) is 3.35. The number of ether oxygens (including phenoxy) is 2. The van der Waals surface area contributed by atoms with E-state index in [1.165, 1.54) is 0 Å². The summed E-state index contributed by atoms with van der Waals surface area (Å²) in [5, 5.41) is 9.68. The molecule has 0 saturated heterocycles. The lowest BCUT2D eigenvalue weighted by atomic mass is 10.2. The Balaban J connectivity index is 1.26. The Labute approximate surface area is 197 Å². The van der Waals surface area contributed by atoms with Crippen molar-refractivity contribution in [3.63, 3.8) is 0 Å². The Morgan fingerprint density at radius 2 is 1.53 bits per heavy atom. The van der Waals surface area contributed by atoms with Crippen LogP contribution in [0.15, 0.2) is 97.3 Å². The molecule has 1 heterocycles. The van der Waals surface area contributed by atoms with Crippen LogP contribution in [0.2, 0.25) is 0 Å². The van der Waals surface area contributed by atoms with Crippen molar-refractivity contribution in [3.05, 3.63) is 97.3 Å². The van der Waals surface area contributed by atoms with Gasteiger partial charge in [0.1, 0.15) is 23.3 Å². The zero-order valence-corrected chi connectivity index (χ0v) is 18.5. The van der Waals surface area contributed by atoms with E-state index in [-0.39, 0.29) is 18.4 Å². The van der Waals surface area contributed by atoms with Gasteiger partial charge in [-0.1, -0.05) is 24.3 Å². The largest absolute Gasteiger partial charge is 0.484 e. The number of benzene rings is 3. The fourth-order valence-corrected chi connectivity index (χ4v) is 3.13. The third kappa shape index (κ3) is 6.23. The number of hydrogen-bond donors (Lipinski definition) is 2. The van der Waals surface area contributed by atoms with Crippen LogP contribution in [0.25, 0.3) is 0 Å². The number of nitrogens with zero attached hydrogens (tertiary/aromatic N) is 2. The SMILES string of the molecule is CC(C(=O)Nc1cccc(NC(=O)COc2ccc(Oc3ccccc3)cc2)c1)n1cccn1. The number of rotatable bonds is 9. The van der Waals surface area contributed by atoms with E-state index in [9.17, 15) is 9.59 Å². The quantitative estimate of drug-likeness (QED) is 0.374. The highest BCUT2D eigenvalue weighted by atomic mass is 16.5. The molecule has 1 atom stereocenters. The molecular formula is C26H24N4O4. The highest BCUT2D eigenvalue weighted by Crippen LogP contribution is 2.23. The third-order valence-electron chi connectivity index (χ3n) is 4.89. The molecule has 8 nitrogen and oxygen atoms in total. The summed E-state index contributed by atoms with van der Waals surface area (Å²) in [4.78, 5) is 24.8. The smallest absolute Gasteiger partial charge is 0.262 e. The molecule has 4 rings (SSSR count). The lowest BCUT2D eigenvalue weighted by molar-refractivity contribution is -0.119. The standard InChI is InChI=1S/C26H24N4O4/c1-19(30-16-6-15-27-30)26(32)29-21-8-5-7-20(17-21)28-25(31)18-33-22-11-13-24(14-12-22)34-23-9-3-2-4-10-23/h2-17,19H,18H2,1H3,(H,28,31)(H,29,32). The van der Waals surface area contributed by atoms with E-state index in [0.29, 0.717) is 22.9 Å². The summed E-state index contributed by atoms with van der Waals surface area (Å²) in [5.74, 6) is 1.42. The van der Waals surface area contributed by atoms with Crippen LogP contribution < -0.4 is 20.1 Å². The van der Waals surface area contributed by atoms with E-state index in [1.807, 2.05) is 30.3 Å². The fraction of sp³-hybridized carbons (Fsp3) is 0.115.